The van der Waals surface area contributed by atoms with Crippen molar-refractivity contribution in [2.24, 2.45) is 17.8 Å². The highest BCUT2D eigenvalue weighted by atomic mass is 79.9. The maximum absolute atomic E-state index is 12.5. The van der Waals surface area contributed by atoms with Gasteiger partial charge >= 0.3 is 5.97 Å². The molecule has 2 fully saturated rings. The van der Waals surface area contributed by atoms with Crippen molar-refractivity contribution in [2.75, 3.05) is 19.0 Å². The molecule has 154 valence electrons. The number of benzene rings is 1. The van der Waals surface area contributed by atoms with E-state index in [0.717, 1.165) is 29.4 Å². The second-order valence-corrected chi connectivity index (χ2v) is 8.92. The molecule has 2 heterocycles. The quantitative estimate of drug-likeness (QED) is 0.414. The molecule has 6 nitrogen and oxygen atoms in total. The molecule has 1 aliphatic heterocycles. The largest absolute Gasteiger partial charge is 0.469 e. The standard InChI is InChI=1S/C22H26BrN3O3/c1-29-22(28)20-16-10-18(26(12-24)11-13(16)6-7-19(20)27)21-15(8-9-23)14-4-2-3-5-17(14)25-21/h2-5,13,16,18-20,25,27H,6-11H2,1H3/t13-,16-,18-,19-,20+/m0/s1. The number of aliphatic hydroxyl groups excluding tert-OH is 1. The van der Waals surface area contributed by atoms with Gasteiger partial charge in [0.05, 0.1) is 25.2 Å². The predicted molar refractivity (Wildman–Crippen MR) is 113 cm³/mol. The fourth-order valence-corrected chi connectivity index (χ4v) is 5.81. The van der Waals surface area contributed by atoms with Crippen LogP contribution in [0.5, 0.6) is 0 Å². The summed E-state index contributed by atoms with van der Waals surface area (Å²) in [5.74, 6) is -0.647. The van der Waals surface area contributed by atoms with Crippen molar-refractivity contribution in [3.8, 4) is 6.19 Å². The minimum atomic E-state index is -0.678. The average molecular weight is 460 g/mol. The first kappa shape index (κ1) is 20.2. The summed E-state index contributed by atoms with van der Waals surface area (Å²) in [6, 6.07) is 8.06. The number of ether oxygens (including phenoxy) is 1. The summed E-state index contributed by atoms with van der Waals surface area (Å²) < 4.78 is 5.02. The number of nitriles is 1. The maximum atomic E-state index is 12.5. The summed E-state index contributed by atoms with van der Waals surface area (Å²) in [4.78, 5) is 17.9. The molecule has 1 saturated heterocycles. The van der Waals surface area contributed by atoms with Crippen LogP contribution in [0, 0.1) is 29.2 Å². The molecule has 0 amide bonds. The highest BCUT2D eigenvalue weighted by molar-refractivity contribution is 9.09. The van der Waals surface area contributed by atoms with Crippen molar-refractivity contribution in [1.29, 1.82) is 5.26 Å². The highest BCUT2D eigenvalue weighted by Crippen LogP contribution is 2.47. The lowest BCUT2D eigenvalue weighted by molar-refractivity contribution is -0.159. The Bertz CT molecular complexity index is 937. The Morgan fingerprint density at radius 3 is 2.93 bits per heavy atom. The van der Waals surface area contributed by atoms with Crippen LogP contribution in [-0.2, 0) is 16.0 Å². The van der Waals surface area contributed by atoms with Gasteiger partial charge in [0.25, 0.3) is 0 Å². The Hall–Kier alpha value is -2.04. The number of aliphatic hydroxyl groups is 1. The molecule has 0 radical (unpaired) electrons. The SMILES string of the molecule is COC(=O)[C@@H]1[C@H]2C[C@@H](c3[nH]c4ccccc4c3CCBr)N(C#N)C[C@@H]2CC[C@@H]1O. The van der Waals surface area contributed by atoms with Gasteiger partial charge in [0.2, 0.25) is 0 Å². The first-order valence-corrected chi connectivity index (χ1v) is 11.3. The molecular weight excluding hydrogens is 434 g/mol. The Labute approximate surface area is 179 Å². The molecular formula is C22H26BrN3O3. The molecule has 1 aliphatic carbocycles. The van der Waals surface area contributed by atoms with Crippen molar-refractivity contribution in [3.63, 3.8) is 0 Å². The molecule has 2 aromatic rings. The van der Waals surface area contributed by atoms with Gasteiger partial charge in [-0.3, -0.25) is 4.79 Å². The van der Waals surface area contributed by atoms with Crippen LogP contribution in [-0.4, -0.2) is 46.0 Å². The number of para-hydroxylation sites is 1. The molecule has 2 N–H and O–H groups in total. The molecule has 1 saturated carbocycles. The van der Waals surface area contributed by atoms with E-state index in [1.165, 1.54) is 18.1 Å². The highest BCUT2D eigenvalue weighted by Gasteiger charge is 2.49. The number of carbonyl (C=O) groups is 1. The average Bonchev–Trinajstić information content (AvgIpc) is 3.11. The molecule has 4 rings (SSSR count). The van der Waals surface area contributed by atoms with Gasteiger partial charge in [-0.1, -0.05) is 34.1 Å². The molecule has 1 aromatic carbocycles. The summed E-state index contributed by atoms with van der Waals surface area (Å²) in [5, 5.41) is 22.4. The van der Waals surface area contributed by atoms with Crippen LogP contribution in [0.1, 0.15) is 36.6 Å². The lowest BCUT2D eigenvalue weighted by Crippen LogP contribution is -2.51. The number of aryl methyl sites for hydroxylation is 1. The van der Waals surface area contributed by atoms with Gasteiger partial charge in [0.1, 0.15) is 0 Å². The summed E-state index contributed by atoms with van der Waals surface area (Å²) >= 11 is 3.56. The first-order chi connectivity index (χ1) is 14.1. The molecule has 0 spiro atoms. The van der Waals surface area contributed by atoms with Crippen molar-refractivity contribution in [2.45, 2.75) is 37.8 Å². The van der Waals surface area contributed by atoms with Crippen LogP contribution < -0.4 is 0 Å². The molecule has 0 bridgehead atoms. The van der Waals surface area contributed by atoms with Crippen molar-refractivity contribution >= 4 is 32.8 Å². The van der Waals surface area contributed by atoms with Crippen molar-refractivity contribution in [3.05, 3.63) is 35.5 Å². The van der Waals surface area contributed by atoms with Crippen LogP contribution in [0.15, 0.2) is 24.3 Å². The van der Waals surface area contributed by atoms with E-state index in [9.17, 15) is 15.2 Å². The Morgan fingerprint density at radius 2 is 2.21 bits per heavy atom. The topological polar surface area (TPSA) is 89.4 Å². The molecule has 2 aliphatic rings. The number of aromatic nitrogens is 1. The summed E-state index contributed by atoms with van der Waals surface area (Å²) in [5.41, 5.74) is 3.33. The number of halogens is 1. The number of alkyl halides is 1. The van der Waals surface area contributed by atoms with Gasteiger partial charge in [-0.15, -0.1) is 0 Å². The van der Waals surface area contributed by atoms with E-state index in [0.29, 0.717) is 19.4 Å². The van der Waals surface area contributed by atoms with E-state index in [2.05, 4.69) is 39.2 Å². The maximum Gasteiger partial charge on any atom is 0.311 e. The fraction of sp³-hybridized carbons (Fsp3) is 0.545. The number of hydrogen-bond acceptors (Lipinski definition) is 5. The van der Waals surface area contributed by atoms with Crippen LogP contribution in [0.4, 0.5) is 0 Å². The minimum Gasteiger partial charge on any atom is -0.469 e. The zero-order valence-electron chi connectivity index (χ0n) is 16.5. The molecule has 0 unspecified atom stereocenters. The number of rotatable bonds is 4. The monoisotopic (exact) mass is 459 g/mol. The third-order valence-corrected chi connectivity index (χ3v) is 7.14. The van der Waals surface area contributed by atoms with Gasteiger partial charge in [-0.05, 0) is 49.1 Å². The van der Waals surface area contributed by atoms with E-state index in [1.807, 2.05) is 17.0 Å². The summed E-state index contributed by atoms with van der Waals surface area (Å²) in [7, 11) is 1.38. The van der Waals surface area contributed by atoms with Gasteiger partial charge in [-0.25, -0.2) is 0 Å². The van der Waals surface area contributed by atoms with Crippen molar-refractivity contribution < 1.29 is 14.6 Å². The second-order valence-electron chi connectivity index (χ2n) is 8.12. The van der Waals surface area contributed by atoms with Gasteiger partial charge in [-0.2, -0.15) is 5.26 Å². The van der Waals surface area contributed by atoms with E-state index < -0.39 is 12.0 Å². The molecule has 29 heavy (non-hydrogen) atoms. The van der Waals surface area contributed by atoms with E-state index in [4.69, 9.17) is 4.74 Å². The third-order valence-electron chi connectivity index (χ3n) is 6.74. The molecule has 7 heteroatoms. The smallest absolute Gasteiger partial charge is 0.311 e. The van der Waals surface area contributed by atoms with Gasteiger partial charge in [0.15, 0.2) is 6.19 Å². The Morgan fingerprint density at radius 1 is 1.41 bits per heavy atom. The van der Waals surface area contributed by atoms with Gasteiger partial charge in [0, 0.05) is 28.5 Å². The number of fused-ring (bicyclic) bond motifs is 2. The van der Waals surface area contributed by atoms with Gasteiger partial charge < -0.3 is 19.7 Å². The number of hydrogen-bond donors (Lipinski definition) is 2. The number of esters is 1. The molecule has 1 aromatic heterocycles. The van der Waals surface area contributed by atoms with Crippen LogP contribution in [0.3, 0.4) is 0 Å². The zero-order valence-corrected chi connectivity index (χ0v) is 18.1. The number of methoxy groups -OCH3 is 1. The number of H-pyrrole nitrogens is 1. The second kappa shape index (κ2) is 8.37. The Balaban J connectivity index is 1.75. The van der Waals surface area contributed by atoms with Crippen molar-refractivity contribution in [1.82, 2.24) is 9.88 Å². The van der Waals surface area contributed by atoms with E-state index in [1.54, 1.807) is 0 Å². The van der Waals surface area contributed by atoms with Crippen LogP contribution in [0.2, 0.25) is 0 Å². The third kappa shape index (κ3) is 3.53. The number of aromatic amines is 1. The lowest BCUT2D eigenvalue weighted by Gasteiger charge is -2.47. The fourth-order valence-electron chi connectivity index (χ4n) is 5.41. The van der Waals surface area contributed by atoms with E-state index >= 15 is 0 Å². The van der Waals surface area contributed by atoms with Crippen LogP contribution in [0.25, 0.3) is 10.9 Å². The summed E-state index contributed by atoms with van der Waals surface area (Å²) in [6.45, 7) is 0.606. The number of nitrogens with zero attached hydrogens (tertiary/aromatic N) is 2. The first-order valence-electron chi connectivity index (χ1n) is 10.2. The predicted octanol–water partition coefficient (Wildman–Crippen LogP) is 3.51. The Kier molecular flexibility index (Phi) is 5.84. The number of piperidine rings is 1. The van der Waals surface area contributed by atoms with Crippen LogP contribution >= 0.6 is 15.9 Å². The zero-order chi connectivity index (χ0) is 20.5. The minimum absolute atomic E-state index is 0.00373. The normalized spacial score (nSPS) is 29.3. The lowest BCUT2D eigenvalue weighted by atomic mass is 9.65. The van der Waals surface area contributed by atoms with E-state index in [-0.39, 0.29) is 23.8 Å². The number of nitrogens with one attached hydrogen (secondary N) is 1. The summed E-state index contributed by atoms with van der Waals surface area (Å²) in [6.07, 6.45) is 4.62. The number of likely N-dealkylation sites (tertiary alicyclic amines) is 1. The number of carbonyl (C=O) groups excluding carboxylic acids is 1. The molecule has 5 atom stereocenters.